The normalized spacial score (nSPS) is 10.6. The second kappa shape index (κ2) is 5.34. The third-order valence-corrected chi connectivity index (χ3v) is 5.06. The van der Waals surface area contributed by atoms with Gasteiger partial charge in [-0.1, -0.05) is 42.5 Å². The molecule has 0 unspecified atom stereocenters. The molecule has 0 atom stereocenters. The lowest BCUT2D eigenvalue weighted by Gasteiger charge is -2.02. The Morgan fingerprint density at radius 3 is 2.29 bits per heavy atom. The highest BCUT2D eigenvalue weighted by molar-refractivity contribution is 7.24. The van der Waals surface area contributed by atoms with E-state index in [4.69, 9.17) is 0 Å². The summed E-state index contributed by atoms with van der Waals surface area (Å²) < 4.78 is 2.71. The molecule has 2 heterocycles. The summed E-state index contributed by atoms with van der Waals surface area (Å²) in [6.45, 7) is 0. The number of nitrogens with zero attached hydrogens (tertiary/aromatic N) is 3. The molecular formula is C19H9N3OS. The van der Waals surface area contributed by atoms with Gasteiger partial charge < -0.3 is 0 Å². The van der Waals surface area contributed by atoms with Crippen LogP contribution < -0.4 is 0 Å². The first-order valence-corrected chi connectivity index (χ1v) is 8.03. The Hall–Kier alpha value is -3.41. The number of carbonyl (C=O) groups excluding carboxylic acids is 1. The summed E-state index contributed by atoms with van der Waals surface area (Å²) >= 11 is 1.41. The van der Waals surface area contributed by atoms with E-state index in [2.05, 4.69) is 6.07 Å². The summed E-state index contributed by atoms with van der Waals surface area (Å²) in [5, 5.41) is 19.1. The summed E-state index contributed by atoms with van der Waals surface area (Å²) in [5.41, 5.74) is 1.98. The average molecular weight is 327 g/mol. The van der Waals surface area contributed by atoms with Crippen LogP contribution in [0.2, 0.25) is 0 Å². The zero-order valence-electron chi connectivity index (χ0n) is 12.4. The predicted octanol–water partition coefficient (Wildman–Crippen LogP) is 4.13. The van der Waals surface area contributed by atoms with Crippen molar-refractivity contribution in [3.8, 4) is 12.1 Å². The summed E-state index contributed by atoms with van der Waals surface area (Å²) in [4.78, 5) is 13.7. The lowest BCUT2D eigenvalue weighted by atomic mass is 10.0. The van der Waals surface area contributed by atoms with Gasteiger partial charge in [0, 0.05) is 5.56 Å². The Balaban J connectivity index is 2.16. The van der Waals surface area contributed by atoms with Crippen LogP contribution in [0.5, 0.6) is 0 Å². The number of benzene rings is 2. The first kappa shape index (κ1) is 14.2. The minimum atomic E-state index is -0.257. The van der Waals surface area contributed by atoms with Gasteiger partial charge in [-0.2, -0.15) is 10.5 Å². The maximum Gasteiger partial charge on any atom is 0.211 e. The van der Waals surface area contributed by atoms with E-state index in [1.807, 2.05) is 36.4 Å². The fourth-order valence-electron chi connectivity index (χ4n) is 2.86. The van der Waals surface area contributed by atoms with Gasteiger partial charge in [-0.25, -0.2) is 0 Å². The van der Waals surface area contributed by atoms with Crippen LogP contribution in [-0.2, 0) is 0 Å². The fourth-order valence-corrected chi connectivity index (χ4v) is 4.01. The van der Waals surface area contributed by atoms with E-state index in [0.29, 0.717) is 10.4 Å². The van der Waals surface area contributed by atoms with Crippen LogP contribution in [0.4, 0.5) is 0 Å². The first-order valence-electron chi connectivity index (χ1n) is 7.22. The highest BCUT2D eigenvalue weighted by Crippen LogP contribution is 2.35. The molecule has 0 spiro atoms. The molecule has 4 rings (SSSR count). The molecule has 5 heteroatoms. The van der Waals surface area contributed by atoms with Crippen LogP contribution in [0.15, 0.2) is 54.6 Å². The first-order chi connectivity index (χ1) is 11.8. The molecule has 0 aliphatic rings. The highest BCUT2D eigenvalue weighted by Gasteiger charge is 2.27. The molecule has 0 N–H and O–H groups in total. The Morgan fingerprint density at radius 2 is 1.58 bits per heavy atom. The number of ketones is 1. The molecule has 4 nitrogen and oxygen atoms in total. The van der Waals surface area contributed by atoms with Gasteiger partial charge in [-0.05, 0) is 12.1 Å². The van der Waals surface area contributed by atoms with E-state index in [-0.39, 0.29) is 22.6 Å². The van der Waals surface area contributed by atoms with Gasteiger partial charge in [0.2, 0.25) is 5.78 Å². The van der Waals surface area contributed by atoms with E-state index >= 15 is 0 Å². The van der Waals surface area contributed by atoms with Crippen LogP contribution in [0.25, 0.3) is 15.0 Å². The second-order valence-corrected chi connectivity index (χ2v) is 6.26. The maximum atomic E-state index is 13.0. The number of rotatable bonds is 2. The van der Waals surface area contributed by atoms with Crippen molar-refractivity contribution in [3.63, 3.8) is 0 Å². The van der Waals surface area contributed by atoms with E-state index < -0.39 is 0 Å². The maximum absolute atomic E-state index is 13.0. The number of hydrogen-bond acceptors (Lipinski definition) is 4. The van der Waals surface area contributed by atoms with Crippen molar-refractivity contribution >= 4 is 32.2 Å². The molecule has 24 heavy (non-hydrogen) atoms. The monoisotopic (exact) mass is 327 g/mol. The lowest BCUT2D eigenvalue weighted by molar-refractivity contribution is 0.103. The molecule has 0 amide bonds. The zero-order valence-corrected chi connectivity index (χ0v) is 13.2. The number of para-hydroxylation sites is 1. The molecule has 0 saturated carbocycles. The van der Waals surface area contributed by atoms with Crippen LogP contribution in [0.3, 0.4) is 0 Å². The van der Waals surface area contributed by atoms with E-state index in [9.17, 15) is 15.3 Å². The van der Waals surface area contributed by atoms with Crippen molar-refractivity contribution < 1.29 is 4.79 Å². The number of hydrogen-bond donors (Lipinski definition) is 0. The molecule has 112 valence electrons. The molecular weight excluding hydrogens is 318 g/mol. The molecule has 0 radical (unpaired) electrons. The molecule has 4 aromatic rings. The minimum absolute atomic E-state index is 0.142. The van der Waals surface area contributed by atoms with Crippen LogP contribution in [0.1, 0.15) is 27.2 Å². The van der Waals surface area contributed by atoms with Crippen molar-refractivity contribution in [2.45, 2.75) is 0 Å². The predicted molar refractivity (Wildman–Crippen MR) is 92.1 cm³/mol. The van der Waals surface area contributed by atoms with Crippen molar-refractivity contribution in [1.29, 1.82) is 10.5 Å². The Kier molecular flexibility index (Phi) is 3.16. The van der Waals surface area contributed by atoms with Gasteiger partial charge in [-0.3, -0.25) is 9.20 Å². The van der Waals surface area contributed by atoms with Gasteiger partial charge >= 0.3 is 0 Å². The van der Waals surface area contributed by atoms with Crippen LogP contribution >= 0.6 is 11.3 Å². The molecule has 0 aliphatic heterocycles. The van der Waals surface area contributed by atoms with Crippen molar-refractivity contribution in [2.24, 2.45) is 0 Å². The fraction of sp³-hybridized carbons (Fsp3) is 0. The van der Waals surface area contributed by atoms with Gasteiger partial charge in [-0.15, -0.1) is 11.3 Å². The minimum Gasteiger partial charge on any atom is -0.294 e. The van der Waals surface area contributed by atoms with Crippen molar-refractivity contribution in [1.82, 2.24) is 4.40 Å². The second-order valence-electron chi connectivity index (χ2n) is 5.23. The lowest BCUT2D eigenvalue weighted by Crippen LogP contribution is -2.07. The number of aromatic nitrogens is 1. The number of carbonyl (C=O) groups is 1. The van der Waals surface area contributed by atoms with Gasteiger partial charge in [0.05, 0.1) is 10.2 Å². The van der Waals surface area contributed by atoms with E-state index in [0.717, 1.165) is 10.2 Å². The van der Waals surface area contributed by atoms with Gasteiger partial charge in [0.1, 0.15) is 33.8 Å². The van der Waals surface area contributed by atoms with E-state index in [1.165, 1.54) is 11.3 Å². The molecule has 0 bridgehead atoms. The zero-order chi connectivity index (χ0) is 16.7. The van der Waals surface area contributed by atoms with E-state index in [1.54, 1.807) is 28.7 Å². The molecule has 0 aliphatic carbocycles. The SMILES string of the molecule is N#Cc1c(C#N)c2sc3ccccc3n2c1C(=O)c1ccccc1. The summed E-state index contributed by atoms with van der Waals surface area (Å²) in [6, 6.07) is 20.6. The smallest absolute Gasteiger partial charge is 0.211 e. The van der Waals surface area contributed by atoms with Crippen molar-refractivity contribution in [2.75, 3.05) is 0 Å². The Bertz CT molecular complexity index is 1190. The van der Waals surface area contributed by atoms with Crippen LogP contribution in [0, 0.1) is 22.7 Å². The molecule has 0 fully saturated rings. The highest BCUT2D eigenvalue weighted by atomic mass is 32.1. The summed E-state index contributed by atoms with van der Waals surface area (Å²) in [7, 11) is 0. The molecule has 2 aromatic carbocycles. The van der Waals surface area contributed by atoms with Crippen molar-refractivity contribution in [3.05, 3.63) is 77.0 Å². The quantitative estimate of drug-likeness (QED) is 0.520. The van der Waals surface area contributed by atoms with Crippen LogP contribution in [-0.4, -0.2) is 10.2 Å². The number of fused-ring (bicyclic) bond motifs is 3. The Labute approximate surface area is 141 Å². The topological polar surface area (TPSA) is 69.1 Å². The largest absolute Gasteiger partial charge is 0.294 e. The molecule has 0 saturated heterocycles. The average Bonchev–Trinajstić information content (AvgIpc) is 3.15. The molecule has 2 aromatic heterocycles. The Morgan fingerprint density at radius 1 is 0.917 bits per heavy atom. The van der Waals surface area contributed by atoms with Gasteiger partial charge in [0.25, 0.3) is 0 Å². The third-order valence-electron chi connectivity index (χ3n) is 3.91. The van der Waals surface area contributed by atoms with Gasteiger partial charge in [0.15, 0.2) is 0 Å². The number of thiazole rings is 1. The summed E-state index contributed by atoms with van der Waals surface area (Å²) in [5.74, 6) is -0.257. The number of nitriles is 2. The third kappa shape index (κ3) is 1.86. The standard InChI is InChI=1S/C19H9N3OS/c20-10-13-14(11-21)19-22(15-8-4-5-9-16(15)24-19)17(13)18(23)12-6-2-1-3-7-12/h1-9H. The summed E-state index contributed by atoms with van der Waals surface area (Å²) in [6.07, 6.45) is 0.